The number of anilines is 2. The second-order valence-corrected chi connectivity index (χ2v) is 10.8. The van der Waals surface area contributed by atoms with Crippen molar-refractivity contribution in [2.45, 2.75) is 57.9 Å². The highest BCUT2D eigenvalue weighted by molar-refractivity contribution is 6.05. The van der Waals surface area contributed by atoms with Gasteiger partial charge in [0.15, 0.2) is 0 Å². The standard InChI is InChI=1S/C28H34N6O2/c1-17-7-8-19(27(35)30-21-14-20(28(2,3)4)11-12-25(21)36-6)13-23(17)34-16-22(31-32-34)24-15-29-26(33(24)5)18-9-10-18/h7-8,11-15,18,22H,9-10,16H2,1-6H3,(H,30,35). The molecule has 5 rings (SSSR count). The zero-order valence-electron chi connectivity index (χ0n) is 21.9. The zero-order valence-corrected chi connectivity index (χ0v) is 21.9. The molecule has 0 saturated heterocycles. The van der Waals surface area contributed by atoms with Gasteiger partial charge >= 0.3 is 0 Å². The van der Waals surface area contributed by atoms with Gasteiger partial charge in [-0.3, -0.25) is 4.79 Å². The molecule has 188 valence electrons. The third kappa shape index (κ3) is 4.59. The number of hydrogen-bond donors (Lipinski definition) is 1. The molecule has 0 spiro atoms. The van der Waals surface area contributed by atoms with Gasteiger partial charge in [0.05, 0.1) is 36.9 Å². The van der Waals surface area contributed by atoms with Crippen LogP contribution >= 0.6 is 0 Å². The first-order valence-electron chi connectivity index (χ1n) is 12.5. The Balaban J connectivity index is 1.35. The summed E-state index contributed by atoms with van der Waals surface area (Å²) in [7, 11) is 3.67. The second-order valence-electron chi connectivity index (χ2n) is 10.8. The molecular weight excluding hydrogens is 452 g/mol. The molecule has 1 unspecified atom stereocenters. The Morgan fingerprint density at radius 2 is 1.92 bits per heavy atom. The lowest BCUT2D eigenvalue weighted by molar-refractivity contribution is 0.102. The van der Waals surface area contributed by atoms with Crippen LogP contribution in [-0.2, 0) is 12.5 Å². The fourth-order valence-electron chi connectivity index (χ4n) is 4.62. The number of hydrogen-bond acceptors (Lipinski definition) is 6. The molecule has 1 aliphatic carbocycles. The van der Waals surface area contributed by atoms with Gasteiger partial charge in [0.25, 0.3) is 5.91 Å². The maximum Gasteiger partial charge on any atom is 0.255 e. The number of benzene rings is 2. The van der Waals surface area contributed by atoms with Crippen LogP contribution < -0.4 is 15.1 Å². The van der Waals surface area contributed by atoms with Crippen LogP contribution in [0.1, 0.15) is 78.6 Å². The van der Waals surface area contributed by atoms with Gasteiger partial charge in [-0.2, -0.15) is 5.11 Å². The fraction of sp³-hybridized carbons (Fsp3) is 0.429. The number of amides is 1. The van der Waals surface area contributed by atoms with E-state index in [-0.39, 0.29) is 17.4 Å². The summed E-state index contributed by atoms with van der Waals surface area (Å²) in [5, 5.41) is 13.9. The minimum absolute atomic E-state index is 0.0483. The molecule has 1 N–H and O–H groups in total. The Kier molecular flexibility index (Phi) is 6.06. The maximum atomic E-state index is 13.3. The van der Waals surface area contributed by atoms with Crippen LogP contribution in [0.5, 0.6) is 5.75 Å². The Labute approximate surface area is 212 Å². The summed E-state index contributed by atoms with van der Waals surface area (Å²) in [5.74, 6) is 2.15. The van der Waals surface area contributed by atoms with Gasteiger partial charge in [-0.1, -0.05) is 38.1 Å². The van der Waals surface area contributed by atoms with E-state index in [2.05, 4.69) is 53.0 Å². The van der Waals surface area contributed by atoms with Crippen molar-refractivity contribution in [3.8, 4) is 5.75 Å². The van der Waals surface area contributed by atoms with E-state index in [1.807, 2.05) is 54.5 Å². The number of rotatable bonds is 6. The van der Waals surface area contributed by atoms with Gasteiger partial charge in [-0.25, -0.2) is 9.99 Å². The quantitative estimate of drug-likeness (QED) is 0.457. The molecule has 3 aromatic rings. The second kappa shape index (κ2) is 9.08. The minimum atomic E-state index is -0.200. The van der Waals surface area contributed by atoms with E-state index in [1.54, 1.807) is 7.11 Å². The number of ether oxygens (including phenoxy) is 1. The lowest BCUT2D eigenvalue weighted by atomic mass is 9.87. The summed E-state index contributed by atoms with van der Waals surface area (Å²) in [6.07, 6.45) is 4.35. The number of methoxy groups -OCH3 is 1. The predicted octanol–water partition coefficient (Wildman–Crippen LogP) is 6.09. The molecule has 1 atom stereocenters. The number of carbonyl (C=O) groups is 1. The molecule has 0 radical (unpaired) electrons. The molecular formula is C28H34N6O2. The SMILES string of the molecule is COc1ccc(C(C)(C)C)cc1NC(=O)c1ccc(C)c(N2CC(c3cnc(C4CC4)n3C)N=N2)c1. The highest BCUT2D eigenvalue weighted by Gasteiger charge is 2.32. The lowest BCUT2D eigenvalue weighted by Crippen LogP contribution is -2.20. The Bertz CT molecular complexity index is 1330. The first-order chi connectivity index (χ1) is 17.2. The number of aromatic nitrogens is 2. The van der Waals surface area contributed by atoms with Gasteiger partial charge in [-0.05, 0) is 60.6 Å². The largest absolute Gasteiger partial charge is 0.495 e. The van der Waals surface area contributed by atoms with Crippen LogP contribution in [0.2, 0.25) is 0 Å². The average Bonchev–Trinajstić information content (AvgIpc) is 3.44. The number of imidazole rings is 1. The van der Waals surface area contributed by atoms with Gasteiger partial charge in [0, 0.05) is 18.5 Å². The van der Waals surface area contributed by atoms with E-state index in [1.165, 1.54) is 12.8 Å². The average molecular weight is 487 g/mol. The van der Waals surface area contributed by atoms with Gasteiger partial charge in [0.1, 0.15) is 17.6 Å². The van der Waals surface area contributed by atoms with E-state index in [0.717, 1.165) is 28.3 Å². The van der Waals surface area contributed by atoms with Gasteiger partial charge in [0.2, 0.25) is 0 Å². The summed E-state index contributed by atoms with van der Waals surface area (Å²) in [4.78, 5) is 17.9. The maximum absolute atomic E-state index is 13.3. The van der Waals surface area contributed by atoms with Crippen molar-refractivity contribution in [1.29, 1.82) is 0 Å². The summed E-state index contributed by atoms with van der Waals surface area (Å²) >= 11 is 0. The molecule has 2 heterocycles. The highest BCUT2D eigenvalue weighted by atomic mass is 16.5. The highest BCUT2D eigenvalue weighted by Crippen LogP contribution is 2.40. The Morgan fingerprint density at radius 3 is 2.61 bits per heavy atom. The molecule has 8 nitrogen and oxygen atoms in total. The van der Waals surface area contributed by atoms with E-state index < -0.39 is 0 Å². The molecule has 8 heteroatoms. The molecule has 1 saturated carbocycles. The number of carbonyl (C=O) groups excluding carboxylic acids is 1. The Morgan fingerprint density at radius 1 is 1.14 bits per heavy atom. The molecule has 2 aromatic carbocycles. The lowest BCUT2D eigenvalue weighted by Gasteiger charge is -2.21. The Hall–Kier alpha value is -3.68. The molecule has 1 aromatic heterocycles. The van der Waals surface area contributed by atoms with Crippen molar-refractivity contribution in [3.63, 3.8) is 0 Å². The topological polar surface area (TPSA) is 84.1 Å². The number of aryl methyl sites for hydroxylation is 1. The van der Waals surface area contributed by atoms with Crippen molar-refractivity contribution >= 4 is 17.3 Å². The molecule has 1 amide bonds. The van der Waals surface area contributed by atoms with Crippen LogP contribution in [-0.4, -0.2) is 29.1 Å². The van der Waals surface area contributed by atoms with E-state index in [9.17, 15) is 4.79 Å². The monoisotopic (exact) mass is 486 g/mol. The molecule has 36 heavy (non-hydrogen) atoms. The molecule has 2 aliphatic rings. The molecule has 0 bridgehead atoms. The predicted molar refractivity (Wildman–Crippen MR) is 141 cm³/mol. The van der Waals surface area contributed by atoms with Gasteiger partial charge in [-0.15, -0.1) is 0 Å². The zero-order chi connectivity index (χ0) is 25.6. The fourth-order valence-corrected chi connectivity index (χ4v) is 4.62. The summed E-state index contributed by atoms with van der Waals surface area (Å²) in [5.41, 5.74) is 5.24. The van der Waals surface area contributed by atoms with Crippen molar-refractivity contribution < 1.29 is 9.53 Å². The number of nitrogens with zero attached hydrogens (tertiary/aromatic N) is 5. The van der Waals surface area contributed by atoms with E-state index >= 15 is 0 Å². The van der Waals surface area contributed by atoms with Crippen LogP contribution in [0.3, 0.4) is 0 Å². The van der Waals surface area contributed by atoms with Crippen LogP contribution in [0.15, 0.2) is 52.9 Å². The third-order valence-corrected chi connectivity index (χ3v) is 7.05. The van der Waals surface area contributed by atoms with E-state index in [0.29, 0.717) is 29.5 Å². The normalized spacial score (nSPS) is 17.5. The van der Waals surface area contributed by atoms with Crippen molar-refractivity contribution in [2.75, 3.05) is 24.0 Å². The molecule has 1 fully saturated rings. The molecule has 1 aliphatic heterocycles. The summed E-state index contributed by atoms with van der Waals surface area (Å²) < 4.78 is 7.67. The van der Waals surface area contributed by atoms with Gasteiger partial charge < -0.3 is 14.6 Å². The number of nitrogens with one attached hydrogen (secondary N) is 1. The van der Waals surface area contributed by atoms with Crippen molar-refractivity contribution in [3.05, 3.63) is 70.8 Å². The summed E-state index contributed by atoms with van der Waals surface area (Å²) in [6, 6.07) is 11.5. The van der Waals surface area contributed by atoms with Crippen LogP contribution in [0, 0.1) is 6.92 Å². The van der Waals surface area contributed by atoms with Crippen LogP contribution in [0.4, 0.5) is 11.4 Å². The smallest absolute Gasteiger partial charge is 0.255 e. The first kappa shape index (κ1) is 24.0. The van der Waals surface area contributed by atoms with Crippen molar-refractivity contribution in [2.24, 2.45) is 17.4 Å². The first-order valence-corrected chi connectivity index (χ1v) is 12.5. The van der Waals surface area contributed by atoms with Crippen LogP contribution in [0.25, 0.3) is 0 Å². The minimum Gasteiger partial charge on any atom is -0.495 e. The van der Waals surface area contributed by atoms with Crippen molar-refractivity contribution in [1.82, 2.24) is 9.55 Å². The summed E-state index contributed by atoms with van der Waals surface area (Å²) in [6.45, 7) is 9.05. The third-order valence-electron chi connectivity index (χ3n) is 7.05. The van der Waals surface area contributed by atoms with E-state index in [4.69, 9.17) is 4.74 Å².